The molecule has 0 saturated heterocycles. The topological polar surface area (TPSA) is 93.8 Å². The van der Waals surface area contributed by atoms with E-state index in [0.29, 0.717) is 22.3 Å². The van der Waals surface area contributed by atoms with E-state index in [9.17, 15) is 9.59 Å². The summed E-state index contributed by atoms with van der Waals surface area (Å²) in [5.41, 5.74) is 7.46. The van der Waals surface area contributed by atoms with Crippen LogP contribution in [0.15, 0.2) is 47.3 Å². The number of aryl methyl sites for hydroxylation is 1. The fraction of sp³-hybridized carbons (Fsp3) is 0.0625. The van der Waals surface area contributed by atoms with Crippen molar-refractivity contribution in [2.24, 2.45) is 7.05 Å². The molecule has 0 fully saturated rings. The molecule has 0 spiro atoms. The van der Waals surface area contributed by atoms with Gasteiger partial charge in [0.15, 0.2) is 0 Å². The molecule has 0 radical (unpaired) electrons. The second-order valence-corrected chi connectivity index (χ2v) is 4.92. The first-order valence-electron chi connectivity index (χ1n) is 6.55. The molecule has 6 heteroatoms. The van der Waals surface area contributed by atoms with E-state index in [1.807, 2.05) is 6.07 Å². The number of anilines is 1. The first kappa shape index (κ1) is 13.6. The van der Waals surface area contributed by atoms with Gasteiger partial charge in [-0.1, -0.05) is 6.07 Å². The molecule has 2 N–H and O–H groups in total. The molecular weight excluding hydrogens is 280 g/mol. The highest BCUT2D eigenvalue weighted by molar-refractivity contribution is 6.01. The van der Waals surface area contributed by atoms with Crippen molar-refractivity contribution < 1.29 is 4.79 Å². The van der Waals surface area contributed by atoms with Crippen LogP contribution < -0.4 is 11.4 Å². The SMILES string of the molecule is Cn1c(=O)n(C(=O)c2cccc(C#N)c2)c2cc(N)ccc21. The van der Waals surface area contributed by atoms with Crippen LogP contribution in [0.25, 0.3) is 11.0 Å². The second kappa shape index (κ2) is 4.90. The lowest BCUT2D eigenvalue weighted by molar-refractivity contribution is 0.0960. The van der Waals surface area contributed by atoms with E-state index in [4.69, 9.17) is 11.0 Å². The zero-order valence-corrected chi connectivity index (χ0v) is 11.8. The second-order valence-electron chi connectivity index (χ2n) is 4.92. The summed E-state index contributed by atoms with van der Waals surface area (Å²) in [6, 6.07) is 13.2. The molecule has 0 bridgehead atoms. The molecule has 0 atom stereocenters. The molecule has 3 aromatic rings. The van der Waals surface area contributed by atoms with Crippen LogP contribution >= 0.6 is 0 Å². The van der Waals surface area contributed by atoms with E-state index < -0.39 is 11.6 Å². The van der Waals surface area contributed by atoms with Gasteiger partial charge in [-0.15, -0.1) is 0 Å². The number of nitrogen functional groups attached to an aromatic ring is 1. The molecule has 2 aromatic carbocycles. The Morgan fingerprint density at radius 2 is 1.95 bits per heavy atom. The first-order valence-corrected chi connectivity index (χ1v) is 6.55. The number of carbonyl (C=O) groups is 1. The van der Waals surface area contributed by atoms with Crippen LogP contribution in [0.2, 0.25) is 0 Å². The van der Waals surface area contributed by atoms with Crippen LogP contribution in [-0.2, 0) is 7.05 Å². The molecule has 108 valence electrons. The number of hydrogen-bond donors (Lipinski definition) is 1. The van der Waals surface area contributed by atoms with Gasteiger partial charge in [-0.3, -0.25) is 9.36 Å². The van der Waals surface area contributed by atoms with Gasteiger partial charge >= 0.3 is 5.69 Å². The third-order valence-electron chi connectivity index (χ3n) is 3.52. The minimum Gasteiger partial charge on any atom is -0.399 e. The quantitative estimate of drug-likeness (QED) is 0.687. The van der Waals surface area contributed by atoms with Crippen molar-refractivity contribution in [1.82, 2.24) is 9.13 Å². The van der Waals surface area contributed by atoms with Crippen LogP contribution in [0.4, 0.5) is 5.69 Å². The van der Waals surface area contributed by atoms with Gasteiger partial charge in [-0.05, 0) is 36.4 Å². The fourth-order valence-electron chi connectivity index (χ4n) is 2.41. The number of benzene rings is 2. The molecule has 6 nitrogen and oxygen atoms in total. The van der Waals surface area contributed by atoms with Gasteiger partial charge in [-0.2, -0.15) is 5.26 Å². The minimum absolute atomic E-state index is 0.274. The highest BCUT2D eigenvalue weighted by atomic mass is 16.2. The molecule has 0 aliphatic carbocycles. The van der Waals surface area contributed by atoms with Gasteiger partial charge in [0.05, 0.1) is 22.7 Å². The van der Waals surface area contributed by atoms with Gasteiger partial charge in [0.25, 0.3) is 5.91 Å². The number of nitrogens with zero attached hydrogens (tertiary/aromatic N) is 3. The average molecular weight is 292 g/mol. The normalized spacial score (nSPS) is 10.5. The van der Waals surface area contributed by atoms with Crippen molar-refractivity contribution in [2.45, 2.75) is 0 Å². The van der Waals surface area contributed by atoms with Crippen LogP contribution in [0.3, 0.4) is 0 Å². The summed E-state index contributed by atoms with van der Waals surface area (Å²) in [6.45, 7) is 0. The van der Waals surface area contributed by atoms with Crippen LogP contribution in [-0.4, -0.2) is 15.0 Å². The standard InChI is InChI=1S/C16H12N4O2/c1-19-13-6-5-12(18)8-14(13)20(16(19)22)15(21)11-4-2-3-10(7-11)9-17/h2-8H,18H2,1H3. The Bertz CT molecular complexity index is 1010. The predicted octanol–water partition coefficient (Wildman–Crippen LogP) is 1.48. The average Bonchev–Trinajstić information content (AvgIpc) is 2.77. The number of rotatable bonds is 1. The molecule has 3 rings (SSSR count). The summed E-state index contributed by atoms with van der Waals surface area (Å²) < 4.78 is 2.46. The Hall–Kier alpha value is -3.33. The van der Waals surface area contributed by atoms with Gasteiger partial charge in [0.1, 0.15) is 0 Å². The molecular formula is C16H12N4O2. The van der Waals surface area contributed by atoms with Crippen LogP contribution in [0.1, 0.15) is 15.9 Å². The molecule has 1 heterocycles. The van der Waals surface area contributed by atoms with E-state index in [1.165, 1.54) is 10.6 Å². The van der Waals surface area contributed by atoms with Crippen molar-refractivity contribution >= 4 is 22.6 Å². The monoisotopic (exact) mass is 292 g/mol. The van der Waals surface area contributed by atoms with E-state index >= 15 is 0 Å². The van der Waals surface area contributed by atoms with Crippen molar-refractivity contribution in [3.63, 3.8) is 0 Å². The molecule has 0 saturated carbocycles. The van der Waals surface area contributed by atoms with Gasteiger partial charge < -0.3 is 5.73 Å². The molecule has 22 heavy (non-hydrogen) atoms. The van der Waals surface area contributed by atoms with Gasteiger partial charge in [-0.25, -0.2) is 9.36 Å². The highest BCUT2D eigenvalue weighted by Crippen LogP contribution is 2.17. The summed E-state index contributed by atoms with van der Waals surface area (Å²) in [5.74, 6) is -0.488. The molecule has 0 aliphatic rings. The third kappa shape index (κ3) is 1.96. The zero-order chi connectivity index (χ0) is 15.9. The Morgan fingerprint density at radius 1 is 1.18 bits per heavy atom. The van der Waals surface area contributed by atoms with Gasteiger partial charge in [0, 0.05) is 18.3 Å². The summed E-state index contributed by atoms with van der Waals surface area (Å²) in [6.07, 6.45) is 0. The minimum atomic E-state index is -0.488. The number of imidazole rings is 1. The summed E-state index contributed by atoms with van der Waals surface area (Å²) in [5, 5.41) is 8.93. The van der Waals surface area contributed by atoms with E-state index in [2.05, 4.69) is 0 Å². The largest absolute Gasteiger partial charge is 0.399 e. The van der Waals surface area contributed by atoms with Crippen molar-refractivity contribution in [3.05, 3.63) is 64.1 Å². The molecule has 0 amide bonds. The smallest absolute Gasteiger partial charge is 0.335 e. The number of nitriles is 1. The number of hydrogen-bond acceptors (Lipinski definition) is 4. The predicted molar refractivity (Wildman–Crippen MR) is 82.5 cm³/mol. The fourth-order valence-corrected chi connectivity index (χ4v) is 2.41. The lowest BCUT2D eigenvalue weighted by Crippen LogP contribution is -2.28. The Labute approximate surface area is 125 Å². The lowest BCUT2D eigenvalue weighted by atomic mass is 10.1. The number of nitrogens with two attached hydrogens (primary N) is 1. The summed E-state index contributed by atoms with van der Waals surface area (Å²) in [7, 11) is 1.59. The van der Waals surface area contributed by atoms with Crippen molar-refractivity contribution in [2.75, 3.05) is 5.73 Å². The third-order valence-corrected chi connectivity index (χ3v) is 3.52. The zero-order valence-electron chi connectivity index (χ0n) is 11.8. The van der Waals surface area contributed by atoms with E-state index in [1.54, 1.807) is 43.4 Å². The van der Waals surface area contributed by atoms with Crippen molar-refractivity contribution in [3.8, 4) is 6.07 Å². The summed E-state index contributed by atoms with van der Waals surface area (Å²) >= 11 is 0. The number of fused-ring (bicyclic) bond motifs is 1. The lowest BCUT2D eigenvalue weighted by Gasteiger charge is -2.03. The van der Waals surface area contributed by atoms with Crippen LogP contribution in [0, 0.1) is 11.3 Å². The maximum atomic E-state index is 12.7. The Morgan fingerprint density at radius 3 is 2.68 bits per heavy atom. The van der Waals surface area contributed by atoms with E-state index in [-0.39, 0.29) is 5.56 Å². The van der Waals surface area contributed by atoms with Gasteiger partial charge in [0.2, 0.25) is 0 Å². The Kier molecular flexibility index (Phi) is 3.04. The van der Waals surface area contributed by atoms with Crippen molar-refractivity contribution in [1.29, 1.82) is 5.26 Å². The van der Waals surface area contributed by atoms with Crippen LogP contribution in [0.5, 0.6) is 0 Å². The maximum absolute atomic E-state index is 12.7. The van der Waals surface area contributed by atoms with E-state index in [0.717, 1.165) is 4.57 Å². The summed E-state index contributed by atoms with van der Waals surface area (Å²) in [4.78, 5) is 25.0. The molecule has 1 aromatic heterocycles. The Balaban J connectivity index is 2.28. The maximum Gasteiger partial charge on any atom is 0.335 e. The molecule has 0 aliphatic heterocycles. The number of carbonyl (C=O) groups excluding carboxylic acids is 1. The first-order chi connectivity index (χ1) is 10.5. The highest BCUT2D eigenvalue weighted by Gasteiger charge is 2.18. The molecule has 0 unspecified atom stereocenters. The number of aromatic nitrogens is 2.